The minimum Gasteiger partial charge on any atom is -0.507 e. The van der Waals surface area contributed by atoms with Crippen LogP contribution in [0.3, 0.4) is 0 Å². The number of hydrogen-bond donors (Lipinski definition) is 1. The molecule has 1 atom stereocenters. The van der Waals surface area contributed by atoms with Crippen LogP contribution in [0.15, 0.2) is 60.7 Å². The molecule has 0 aromatic heterocycles. The van der Waals surface area contributed by atoms with Crippen molar-refractivity contribution < 1.29 is 38.4 Å². The summed E-state index contributed by atoms with van der Waals surface area (Å²) in [6.07, 6.45) is 7.39. The van der Waals surface area contributed by atoms with Crippen LogP contribution in [0, 0.1) is 0 Å². The van der Waals surface area contributed by atoms with Crippen LogP contribution in [0.1, 0.15) is 124 Å². The number of benzene rings is 3. The van der Waals surface area contributed by atoms with Crippen LogP contribution in [0.4, 0.5) is 0 Å². The Morgan fingerprint density at radius 3 is 1.88 bits per heavy atom. The van der Waals surface area contributed by atoms with Gasteiger partial charge in [0.15, 0.2) is 6.29 Å². The molecule has 0 spiro atoms. The molecular weight excluding hydrogens is 608 g/mol. The molecular formula is C40H52O8. The van der Waals surface area contributed by atoms with E-state index in [1.54, 1.807) is 48.5 Å². The van der Waals surface area contributed by atoms with Gasteiger partial charge in [-0.1, -0.05) is 48.0 Å². The fourth-order valence-corrected chi connectivity index (χ4v) is 5.47. The Morgan fingerprint density at radius 2 is 1.31 bits per heavy atom. The summed E-state index contributed by atoms with van der Waals surface area (Å²) in [5, 5.41) is 11.0. The van der Waals surface area contributed by atoms with E-state index in [1.165, 1.54) is 6.42 Å². The highest BCUT2D eigenvalue weighted by Gasteiger charge is 2.27. The van der Waals surface area contributed by atoms with Gasteiger partial charge in [-0.05, 0) is 127 Å². The smallest absolute Gasteiger partial charge is 0.343 e. The molecule has 3 aromatic carbocycles. The summed E-state index contributed by atoms with van der Waals surface area (Å²) in [6.45, 7) is 14.5. The summed E-state index contributed by atoms with van der Waals surface area (Å²) in [5.41, 5.74) is 2.59. The van der Waals surface area contributed by atoms with Crippen molar-refractivity contribution in [1.82, 2.24) is 0 Å². The Bertz CT molecular complexity index is 1440. The first kappa shape index (κ1) is 36.9. The van der Waals surface area contributed by atoms with Crippen molar-refractivity contribution in [2.45, 2.75) is 110 Å². The first-order chi connectivity index (χ1) is 22.8. The normalized spacial score (nSPS) is 15.2. The van der Waals surface area contributed by atoms with Gasteiger partial charge in [0, 0.05) is 13.2 Å². The highest BCUT2D eigenvalue weighted by Crippen LogP contribution is 2.40. The van der Waals surface area contributed by atoms with Crippen LogP contribution in [-0.4, -0.2) is 43.2 Å². The van der Waals surface area contributed by atoms with Crippen molar-refractivity contribution in [3.05, 3.63) is 88.5 Å². The maximum absolute atomic E-state index is 12.8. The molecule has 260 valence electrons. The molecule has 0 bridgehead atoms. The van der Waals surface area contributed by atoms with Gasteiger partial charge in [-0.3, -0.25) is 0 Å². The van der Waals surface area contributed by atoms with Gasteiger partial charge in [0.05, 0.1) is 17.7 Å². The first-order valence-corrected chi connectivity index (χ1v) is 17.1. The van der Waals surface area contributed by atoms with Gasteiger partial charge >= 0.3 is 11.9 Å². The van der Waals surface area contributed by atoms with Gasteiger partial charge in [0.25, 0.3) is 0 Å². The van der Waals surface area contributed by atoms with Gasteiger partial charge in [-0.25, -0.2) is 9.59 Å². The van der Waals surface area contributed by atoms with Gasteiger partial charge in [0.2, 0.25) is 0 Å². The van der Waals surface area contributed by atoms with Gasteiger partial charge < -0.3 is 28.8 Å². The van der Waals surface area contributed by atoms with E-state index in [0.717, 1.165) is 68.4 Å². The number of esters is 2. The molecule has 1 unspecified atom stereocenters. The fraction of sp³-hybridized carbons (Fsp3) is 0.500. The molecule has 0 aliphatic carbocycles. The zero-order chi connectivity index (χ0) is 34.7. The van der Waals surface area contributed by atoms with Crippen LogP contribution in [0.5, 0.6) is 17.2 Å². The molecule has 0 saturated carbocycles. The van der Waals surface area contributed by atoms with E-state index < -0.39 is 11.9 Å². The number of carbonyl (C=O) groups excluding carboxylic acids is 2. The van der Waals surface area contributed by atoms with E-state index >= 15 is 0 Å². The Labute approximate surface area is 285 Å². The van der Waals surface area contributed by atoms with Crippen molar-refractivity contribution in [3.63, 3.8) is 0 Å². The van der Waals surface area contributed by atoms with E-state index in [2.05, 4.69) is 0 Å². The third kappa shape index (κ3) is 11.1. The SMILES string of the molecule is CC(C)(C)c1cc(COC(=O)c2ccc(OC(=O)c3ccc(OCCCCCCOC4CCCCO4)cc3)cc2)cc(C(C)(C)C)c1O. The third-order valence-corrected chi connectivity index (χ3v) is 8.30. The highest BCUT2D eigenvalue weighted by molar-refractivity contribution is 5.92. The van der Waals surface area contributed by atoms with Gasteiger partial charge in [-0.2, -0.15) is 0 Å². The lowest BCUT2D eigenvalue weighted by molar-refractivity contribution is -0.162. The quantitative estimate of drug-likeness (QED) is 0.104. The van der Waals surface area contributed by atoms with Crippen molar-refractivity contribution >= 4 is 11.9 Å². The minimum absolute atomic E-state index is 0.0202. The molecule has 8 nitrogen and oxygen atoms in total. The number of rotatable bonds is 14. The maximum Gasteiger partial charge on any atom is 0.343 e. The topological polar surface area (TPSA) is 101 Å². The van der Waals surface area contributed by atoms with Crippen LogP contribution in [-0.2, 0) is 31.6 Å². The summed E-state index contributed by atoms with van der Waals surface area (Å²) >= 11 is 0. The number of carbonyl (C=O) groups is 2. The van der Waals surface area contributed by atoms with Crippen molar-refractivity contribution in [2.24, 2.45) is 0 Å². The van der Waals surface area contributed by atoms with E-state index in [1.807, 2.05) is 53.7 Å². The molecule has 1 saturated heterocycles. The zero-order valence-corrected chi connectivity index (χ0v) is 29.4. The van der Waals surface area contributed by atoms with Gasteiger partial charge in [0.1, 0.15) is 23.9 Å². The highest BCUT2D eigenvalue weighted by atomic mass is 16.7. The molecule has 0 amide bonds. The number of hydrogen-bond acceptors (Lipinski definition) is 8. The standard InChI is InChI=1S/C40H52O8/c1-39(2,3)33-25-28(26-34(36(33)41)40(4,5)6)27-47-37(42)29-16-20-32(21-17-29)48-38(43)30-14-18-31(19-15-30)44-22-10-7-8-11-23-45-35-13-9-12-24-46-35/h14-21,25-26,35,41H,7-13,22-24,27H2,1-6H3. The summed E-state index contributed by atoms with van der Waals surface area (Å²) in [7, 11) is 0. The predicted octanol–water partition coefficient (Wildman–Crippen LogP) is 9.05. The Kier molecular flexibility index (Phi) is 13.1. The average molecular weight is 661 g/mol. The van der Waals surface area contributed by atoms with E-state index in [9.17, 15) is 14.7 Å². The summed E-state index contributed by atoms with van der Waals surface area (Å²) < 4.78 is 28.3. The lowest BCUT2D eigenvalue weighted by Crippen LogP contribution is -2.22. The molecule has 4 rings (SSSR count). The molecule has 1 aliphatic rings. The monoisotopic (exact) mass is 660 g/mol. The number of phenols is 1. The summed E-state index contributed by atoms with van der Waals surface area (Å²) in [5.74, 6) is 0.295. The second-order valence-corrected chi connectivity index (χ2v) is 14.5. The first-order valence-electron chi connectivity index (χ1n) is 17.1. The second-order valence-electron chi connectivity index (χ2n) is 14.5. The molecule has 1 N–H and O–H groups in total. The van der Waals surface area contributed by atoms with E-state index in [-0.39, 0.29) is 29.5 Å². The number of ether oxygens (including phenoxy) is 5. The molecule has 1 fully saturated rings. The van der Waals surface area contributed by atoms with Crippen molar-refractivity contribution in [3.8, 4) is 17.2 Å². The third-order valence-electron chi connectivity index (χ3n) is 8.30. The maximum atomic E-state index is 12.8. The molecule has 48 heavy (non-hydrogen) atoms. The van der Waals surface area contributed by atoms with Crippen molar-refractivity contribution in [2.75, 3.05) is 19.8 Å². The lowest BCUT2D eigenvalue weighted by atomic mass is 9.78. The summed E-state index contributed by atoms with van der Waals surface area (Å²) in [4.78, 5) is 25.6. The molecule has 3 aromatic rings. The van der Waals surface area contributed by atoms with Crippen LogP contribution < -0.4 is 9.47 Å². The largest absolute Gasteiger partial charge is 0.507 e. The second kappa shape index (κ2) is 17.0. The number of unbranched alkanes of at least 4 members (excludes halogenated alkanes) is 3. The predicted molar refractivity (Wildman–Crippen MR) is 186 cm³/mol. The van der Waals surface area contributed by atoms with Crippen LogP contribution in [0.2, 0.25) is 0 Å². The Hall–Kier alpha value is -3.88. The average Bonchev–Trinajstić information content (AvgIpc) is 3.05. The van der Waals surface area contributed by atoms with Crippen LogP contribution >= 0.6 is 0 Å². The molecule has 0 radical (unpaired) electrons. The summed E-state index contributed by atoms with van der Waals surface area (Å²) in [6, 6.07) is 16.9. The Morgan fingerprint density at radius 1 is 0.750 bits per heavy atom. The number of phenolic OH excluding ortho intramolecular Hbond substituents is 1. The van der Waals surface area contributed by atoms with E-state index in [4.69, 9.17) is 23.7 Å². The Balaban J connectivity index is 1.19. The molecule has 1 heterocycles. The number of aromatic hydroxyl groups is 1. The van der Waals surface area contributed by atoms with Gasteiger partial charge in [-0.15, -0.1) is 0 Å². The fourth-order valence-electron chi connectivity index (χ4n) is 5.47. The molecule has 1 aliphatic heterocycles. The van der Waals surface area contributed by atoms with Crippen molar-refractivity contribution in [1.29, 1.82) is 0 Å². The van der Waals surface area contributed by atoms with E-state index in [0.29, 0.717) is 29.2 Å². The zero-order valence-electron chi connectivity index (χ0n) is 29.4. The minimum atomic E-state index is -0.505. The van der Waals surface area contributed by atoms with Crippen LogP contribution in [0.25, 0.3) is 0 Å². The molecule has 8 heteroatoms. The lowest BCUT2D eigenvalue weighted by Gasteiger charge is -2.28.